The zero-order chi connectivity index (χ0) is 12.9. The number of nitrogens with one attached hydrogen (secondary N) is 1. The Balaban J connectivity index is 1.90. The lowest BCUT2D eigenvalue weighted by Gasteiger charge is -2.01. The zero-order valence-corrected chi connectivity index (χ0v) is 11.0. The summed E-state index contributed by atoms with van der Waals surface area (Å²) in [6.45, 7) is 0.650. The van der Waals surface area contributed by atoms with Crippen molar-refractivity contribution in [3.8, 4) is 0 Å². The van der Waals surface area contributed by atoms with Gasteiger partial charge in [0.25, 0.3) is 0 Å². The predicted molar refractivity (Wildman–Crippen MR) is 76.4 cm³/mol. The van der Waals surface area contributed by atoms with E-state index in [4.69, 9.17) is 0 Å². The Morgan fingerprint density at radius 2 is 1.72 bits per heavy atom. The van der Waals surface area contributed by atoms with Crippen LogP contribution in [0.25, 0.3) is 0 Å². The minimum atomic E-state index is 0.650. The maximum atomic E-state index is 9.98. The summed E-state index contributed by atoms with van der Waals surface area (Å²) in [4.78, 5) is 9.98. The van der Waals surface area contributed by atoms with Crippen molar-refractivity contribution in [1.82, 2.24) is 5.32 Å². The Hall–Kier alpha value is -1.57. The smallest absolute Gasteiger partial charge is 0.207 e. The number of carbonyl (C=O) groups is 1. The van der Waals surface area contributed by atoms with E-state index in [9.17, 15) is 4.79 Å². The first-order valence-corrected chi connectivity index (χ1v) is 6.79. The lowest BCUT2D eigenvalue weighted by molar-refractivity contribution is -0.109. The highest BCUT2D eigenvalue weighted by molar-refractivity contribution is 5.46. The molecule has 0 saturated heterocycles. The third-order valence-electron chi connectivity index (χ3n) is 2.91. The molecule has 1 aromatic rings. The van der Waals surface area contributed by atoms with Gasteiger partial charge < -0.3 is 5.32 Å². The number of hydrogen-bond donors (Lipinski definition) is 1. The standard InChI is InChI=1S/C16H23NO/c18-15-17-14-10-5-3-1-2-4-7-11-16-12-8-6-9-13-16/h5-6,8-10,12-13,15H,1-4,7,11,14H2,(H,17,18)/b10-5+. The largest absolute Gasteiger partial charge is 0.355 e. The van der Waals surface area contributed by atoms with E-state index < -0.39 is 0 Å². The molecular formula is C16H23NO. The molecule has 0 atom stereocenters. The van der Waals surface area contributed by atoms with Crippen molar-refractivity contribution in [2.24, 2.45) is 0 Å². The van der Waals surface area contributed by atoms with Crippen molar-refractivity contribution >= 4 is 6.41 Å². The molecule has 1 aromatic carbocycles. The fourth-order valence-corrected chi connectivity index (χ4v) is 1.91. The summed E-state index contributed by atoms with van der Waals surface area (Å²) in [7, 11) is 0. The van der Waals surface area contributed by atoms with E-state index in [1.54, 1.807) is 0 Å². The number of aryl methyl sites for hydroxylation is 1. The first kappa shape index (κ1) is 14.5. The number of benzene rings is 1. The average molecular weight is 245 g/mol. The first-order valence-electron chi connectivity index (χ1n) is 6.79. The number of allylic oxidation sites excluding steroid dienone is 1. The summed E-state index contributed by atoms with van der Waals surface area (Å²) >= 11 is 0. The highest BCUT2D eigenvalue weighted by Gasteiger charge is 1.92. The zero-order valence-electron chi connectivity index (χ0n) is 11.0. The minimum Gasteiger partial charge on any atom is -0.355 e. The molecule has 1 N–H and O–H groups in total. The summed E-state index contributed by atoms with van der Waals surface area (Å²) in [5, 5.41) is 2.61. The summed E-state index contributed by atoms with van der Waals surface area (Å²) in [6, 6.07) is 10.7. The third kappa shape index (κ3) is 7.66. The third-order valence-corrected chi connectivity index (χ3v) is 2.91. The van der Waals surface area contributed by atoms with Gasteiger partial charge in [0.1, 0.15) is 0 Å². The van der Waals surface area contributed by atoms with Gasteiger partial charge in [-0.05, 0) is 31.2 Å². The molecule has 1 rings (SSSR count). The van der Waals surface area contributed by atoms with Crippen LogP contribution in [0.5, 0.6) is 0 Å². The molecule has 0 bridgehead atoms. The normalized spacial score (nSPS) is 10.7. The second-order valence-electron chi connectivity index (χ2n) is 4.44. The molecule has 0 aromatic heterocycles. The lowest BCUT2D eigenvalue weighted by Crippen LogP contribution is -2.09. The minimum absolute atomic E-state index is 0.650. The van der Waals surface area contributed by atoms with Crippen molar-refractivity contribution in [3.63, 3.8) is 0 Å². The Labute approximate surface area is 110 Å². The quantitative estimate of drug-likeness (QED) is 0.381. The Bertz CT molecular complexity index is 332. The molecule has 0 aliphatic heterocycles. The van der Waals surface area contributed by atoms with Crippen LogP contribution in [0.15, 0.2) is 42.5 Å². The van der Waals surface area contributed by atoms with Crippen LogP contribution >= 0.6 is 0 Å². The van der Waals surface area contributed by atoms with Gasteiger partial charge in [0.15, 0.2) is 0 Å². The fraction of sp³-hybridized carbons (Fsp3) is 0.438. The van der Waals surface area contributed by atoms with Crippen molar-refractivity contribution < 1.29 is 4.79 Å². The van der Waals surface area contributed by atoms with Crippen molar-refractivity contribution in [2.75, 3.05) is 6.54 Å². The van der Waals surface area contributed by atoms with Crippen molar-refractivity contribution in [3.05, 3.63) is 48.0 Å². The molecule has 0 aliphatic carbocycles. The predicted octanol–water partition coefficient (Wildman–Crippen LogP) is 3.48. The average Bonchev–Trinajstić information content (AvgIpc) is 2.42. The molecule has 0 saturated carbocycles. The molecule has 0 heterocycles. The molecule has 1 amide bonds. The number of unbranched alkanes of at least 4 members (excludes halogenated alkanes) is 4. The van der Waals surface area contributed by atoms with E-state index in [1.165, 1.54) is 37.7 Å². The van der Waals surface area contributed by atoms with Crippen LogP contribution in [0.4, 0.5) is 0 Å². The van der Waals surface area contributed by atoms with Gasteiger partial charge in [0.05, 0.1) is 0 Å². The number of amides is 1. The Kier molecular flexibility index (Phi) is 8.51. The SMILES string of the molecule is O=CNC/C=C/CCCCCCc1ccccc1. The van der Waals surface area contributed by atoms with Gasteiger partial charge in [-0.3, -0.25) is 4.79 Å². The fourth-order valence-electron chi connectivity index (χ4n) is 1.91. The van der Waals surface area contributed by atoms with Gasteiger partial charge >= 0.3 is 0 Å². The summed E-state index contributed by atoms with van der Waals surface area (Å²) in [5.74, 6) is 0. The highest BCUT2D eigenvalue weighted by atomic mass is 16.1. The molecular weight excluding hydrogens is 222 g/mol. The molecule has 0 aliphatic rings. The van der Waals surface area contributed by atoms with Crippen LogP contribution in [0.1, 0.15) is 37.7 Å². The van der Waals surface area contributed by atoms with Crippen LogP contribution in [-0.2, 0) is 11.2 Å². The molecule has 2 nitrogen and oxygen atoms in total. The van der Waals surface area contributed by atoms with Gasteiger partial charge in [-0.2, -0.15) is 0 Å². The van der Waals surface area contributed by atoms with Gasteiger partial charge in [0.2, 0.25) is 6.41 Å². The lowest BCUT2D eigenvalue weighted by atomic mass is 10.1. The van der Waals surface area contributed by atoms with Crippen LogP contribution in [0, 0.1) is 0 Å². The molecule has 0 unspecified atom stereocenters. The summed E-state index contributed by atoms with van der Waals surface area (Å²) in [5.41, 5.74) is 1.44. The van der Waals surface area contributed by atoms with Crippen molar-refractivity contribution in [1.29, 1.82) is 0 Å². The maximum absolute atomic E-state index is 9.98. The monoisotopic (exact) mass is 245 g/mol. The second-order valence-corrected chi connectivity index (χ2v) is 4.44. The molecule has 0 fully saturated rings. The molecule has 0 spiro atoms. The van der Waals surface area contributed by atoms with E-state index in [0.717, 1.165) is 12.8 Å². The van der Waals surface area contributed by atoms with Crippen LogP contribution in [-0.4, -0.2) is 13.0 Å². The van der Waals surface area contributed by atoms with Gasteiger partial charge in [-0.25, -0.2) is 0 Å². The van der Waals surface area contributed by atoms with E-state index in [1.807, 2.05) is 6.08 Å². The second kappa shape index (κ2) is 10.6. The van der Waals surface area contributed by atoms with Crippen molar-refractivity contribution in [2.45, 2.75) is 38.5 Å². The molecule has 98 valence electrons. The first-order chi connectivity index (χ1) is 8.93. The van der Waals surface area contributed by atoms with E-state index in [0.29, 0.717) is 6.54 Å². The van der Waals surface area contributed by atoms with Gasteiger partial charge in [-0.1, -0.05) is 55.3 Å². The van der Waals surface area contributed by atoms with Gasteiger partial charge in [0, 0.05) is 6.54 Å². The van der Waals surface area contributed by atoms with Crippen LogP contribution in [0.2, 0.25) is 0 Å². The number of rotatable bonds is 10. The molecule has 2 heteroatoms. The van der Waals surface area contributed by atoms with E-state index in [-0.39, 0.29) is 0 Å². The molecule has 18 heavy (non-hydrogen) atoms. The van der Waals surface area contributed by atoms with E-state index >= 15 is 0 Å². The summed E-state index contributed by atoms with van der Waals surface area (Å²) < 4.78 is 0. The van der Waals surface area contributed by atoms with Gasteiger partial charge in [-0.15, -0.1) is 0 Å². The Morgan fingerprint density at radius 1 is 0.944 bits per heavy atom. The number of carbonyl (C=O) groups excluding carboxylic acids is 1. The van der Waals surface area contributed by atoms with Crippen LogP contribution < -0.4 is 5.32 Å². The topological polar surface area (TPSA) is 29.1 Å². The maximum Gasteiger partial charge on any atom is 0.207 e. The highest BCUT2D eigenvalue weighted by Crippen LogP contribution is 2.08. The van der Waals surface area contributed by atoms with E-state index in [2.05, 4.69) is 41.7 Å². The molecule has 0 radical (unpaired) electrons. The van der Waals surface area contributed by atoms with Crippen LogP contribution in [0.3, 0.4) is 0 Å². The Morgan fingerprint density at radius 3 is 2.50 bits per heavy atom. The number of hydrogen-bond acceptors (Lipinski definition) is 1. The summed E-state index contributed by atoms with van der Waals surface area (Å²) in [6.07, 6.45) is 12.3.